The summed E-state index contributed by atoms with van der Waals surface area (Å²) >= 11 is 0. The molecule has 0 aliphatic heterocycles. The zero-order valence-corrected chi connectivity index (χ0v) is 14.4. The second-order valence-corrected chi connectivity index (χ2v) is 5.56. The zero-order valence-electron chi connectivity index (χ0n) is 14.4. The van der Waals surface area contributed by atoms with E-state index in [-0.39, 0.29) is 17.8 Å². The zero-order chi connectivity index (χ0) is 19.2. The van der Waals surface area contributed by atoms with E-state index in [4.69, 9.17) is 9.26 Å². The molecule has 1 amide bonds. The van der Waals surface area contributed by atoms with Crippen molar-refractivity contribution >= 4 is 11.6 Å². The van der Waals surface area contributed by atoms with Crippen LogP contribution in [0, 0.1) is 10.1 Å². The molecule has 1 N–H and O–H groups in total. The van der Waals surface area contributed by atoms with Crippen molar-refractivity contribution in [2.24, 2.45) is 0 Å². The van der Waals surface area contributed by atoms with Crippen molar-refractivity contribution in [1.29, 1.82) is 0 Å². The van der Waals surface area contributed by atoms with E-state index in [0.29, 0.717) is 23.9 Å². The molecule has 9 heteroatoms. The molecule has 0 saturated carbocycles. The molecule has 0 fully saturated rings. The molecule has 9 nitrogen and oxygen atoms in total. The lowest BCUT2D eigenvalue weighted by Gasteiger charge is -2.03. The lowest BCUT2D eigenvalue weighted by molar-refractivity contribution is -0.384. The van der Waals surface area contributed by atoms with Crippen LogP contribution in [0.15, 0.2) is 53.1 Å². The molecular formula is C18H16N4O5. The van der Waals surface area contributed by atoms with Gasteiger partial charge in [0.15, 0.2) is 0 Å². The monoisotopic (exact) mass is 368 g/mol. The first-order chi connectivity index (χ1) is 13.1. The summed E-state index contributed by atoms with van der Waals surface area (Å²) in [4.78, 5) is 26.6. The van der Waals surface area contributed by atoms with Gasteiger partial charge in [-0.15, -0.1) is 0 Å². The first kappa shape index (κ1) is 18.1. The topological polar surface area (TPSA) is 120 Å². The molecule has 1 heterocycles. The SMILES string of the molecule is COc1cccc(-c2noc(CCNC(=O)c3cccc([N+](=O)[O-])c3)n2)c1. The Hall–Kier alpha value is -3.75. The van der Waals surface area contributed by atoms with E-state index in [1.165, 1.54) is 24.3 Å². The Morgan fingerprint density at radius 1 is 1.26 bits per heavy atom. The number of amides is 1. The van der Waals surface area contributed by atoms with Gasteiger partial charge in [0, 0.05) is 36.2 Å². The normalized spacial score (nSPS) is 10.4. The summed E-state index contributed by atoms with van der Waals surface area (Å²) in [6.45, 7) is 0.251. The van der Waals surface area contributed by atoms with Crippen LogP contribution in [0.25, 0.3) is 11.4 Å². The Bertz CT molecular complexity index is 970. The average Bonchev–Trinajstić information content (AvgIpc) is 3.17. The predicted octanol–water partition coefficient (Wildman–Crippen LogP) is 2.63. The van der Waals surface area contributed by atoms with Crippen molar-refractivity contribution in [2.75, 3.05) is 13.7 Å². The van der Waals surface area contributed by atoms with E-state index >= 15 is 0 Å². The predicted molar refractivity (Wildman–Crippen MR) is 95.4 cm³/mol. The molecule has 0 atom stereocenters. The number of nitrogens with zero attached hydrogens (tertiary/aromatic N) is 3. The van der Waals surface area contributed by atoms with Crippen LogP contribution >= 0.6 is 0 Å². The molecule has 0 unspecified atom stereocenters. The number of aromatic nitrogens is 2. The van der Waals surface area contributed by atoms with Crippen molar-refractivity contribution in [2.45, 2.75) is 6.42 Å². The van der Waals surface area contributed by atoms with Gasteiger partial charge in [-0.1, -0.05) is 23.4 Å². The van der Waals surface area contributed by atoms with Gasteiger partial charge < -0.3 is 14.6 Å². The molecule has 3 aromatic rings. The molecule has 0 aliphatic rings. The summed E-state index contributed by atoms with van der Waals surface area (Å²) in [5, 5.41) is 17.4. The van der Waals surface area contributed by atoms with Gasteiger partial charge in [-0.2, -0.15) is 4.98 Å². The third kappa shape index (κ3) is 4.46. The molecule has 0 aliphatic carbocycles. The van der Waals surface area contributed by atoms with Crippen molar-refractivity contribution in [3.63, 3.8) is 0 Å². The van der Waals surface area contributed by atoms with Crippen LogP contribution in [0.4, 0.5) is 5.69 Å². The smallest absolute Gasteiger partial charge is 0.270 e. The highest BCUT2D eigenvalue weighted by Crippen LogP contribution is 2.21. The minimum absolute atomic E-state index is 0.137. The summed E-state index contributed by atoms with van der Waals surface area (Å²) in [7, 11) is 1.57. The maximum absolute atomic E-state index is 12.1. The molecule has 0 saturated heterocycles. The van der Waals surface area contributed by atoms with E-state index in [0.717, 1.165) is 5.56 Å². The molecular weight excluding hydrogens is 352 g/mol. The fourth-order valence-corrected chi connectivity index (χ4v) is 2.38. The summed E-state index contributed by atoms with van der Waals surface area (Å²) in [6, 6.07) is 12.8. The Kier molecular flexibility index (Phi) is 5.41. The lowest BCUT2D eigenvalue weighted by atomic mass is 10.2. The van der Waals surface area contributed by atoms with Crippen LogP contribution in [-0.2, 0) is 6.42 Å². The summed E-state index contributed by atoms with van der Waals surface area (Å²) in [6.07, 6.45) is 0.331. The van der Waals surface area contributed by atoms with Crippen LogP contribution < -0.4 is 10.1 Å². The Morgan fingerprint density at radius 2 is 2.07 bits per heavy atom. The number of ether oxygens (including phenoxy) is 1. The van der Waals surface area contributed by atoms with Gasteiger partial charge in [0.1, 0.15) is 5.75 Å². The van der Waals surface area contributed by atoms with Crippen molar-refractivity contribution in [3.05, 3.63) is 70.1 Å². The van der Waals surface area contributed by atoms with E-state index in [1.54, 1.807) is 13.2 Å². The maximum Gasteiger partial charge on any atom is 0.270 e. The van der Waals surface area contributed by atoms with Gasteiger partial charge in [0.05, 0.1) is 12.0 Å². The maximum atomic E-state index is 12.1. The van der Waals surface area contributed by atoms with E-state index < -0.39 is 10.8 Å². The minimum Gasteiger partial charge on any atom is -0.497 e. The Morgan fingerprint density at radius 3 is 2.85 bits per heavy atom. The van der Waals surface area contributed by atoms with Crippen LogP contribution in [0.2, 0.25) is 0 Å². The summed E-state index contributed by atoms with van der Waals surface area (Å²) in [5.74, 6) is 1.07. The van der Waals surface area contributed by atoms with Crippen molar-refractivity contribution in [1.82, 2.24) is 15.5 Å². The minimum atomic E-state index is -0.546. The Balaban J connectivity index is 1.58. The molecule has 138 valence electrons. The molecule has 2 aromatic carbocycles. The third-order valence-electron chi connectivity index (χ3n) is 3.74. The number of carbonyl (C=O) groups is 1. The first-order valence-electron chi connectivity index (χ1n) is 8.06. The number of hydrogen-bond donors (Lipinski definition) is 1. The highest BCUT2D eigenvalue weighted by molar-refractivity contribution is 5.94. The molecule has 1 aromatic heterocycles. The van der Waals surface area contributed by atoms with Gasteiger partial charge in [-0.25, -0.2) is 0 Å². The van der Waals surface area contributed by atoms with Gasteiger partial charge in [0.2, 0.25) is 11.7 Å². The van der Waals surface area contributed by atoms with Crippen LogP contribution in [0.5, 0.6) is 5.75 Å². The summed E-state index contributed by atoms with van der Waals surface area (Å²) in [5.41, 5.74) is 0.833. The van der Waals surface area contributed by atoms with Crippen molar-refractivity contribution in [3.8, 4) is 17.1 Å². The number of nitrogens with one attached hydrogen (secondary N) is 1. The highest BCUT2D eigenvalue weighted by atomic mass is 16.6. The van der Waals surface area contributed by atoms with Crippen molar-refractivity contribution < 1.29 is 19.0 Å². The fourth-order valence-electron chi connectivity index (χ4n) is 2.38. The van der Waals surface area contributed by atoms with Gasteiger partial charge >= 0.3 is 0 Å². The summed E-state index contributed by atoms with van der Waals surface area (Å²) < 4.78 is 10.4. The van der Waals surface area contributed by atoms with E-state index in [1.807, 2.05) is 18.2 Å². The third-order valence-corrected chi connectivity index (χ3v) is 3.74. The number of methoxy groups -OCH3 is 1. The quantitative estimate of drug-likeness (QED) is 0.502. The molecule has 0 radical (unpaired) electrons. The largest absolute Gasteiger partial charge is 0.497 e. The number of nitro groups is 1. The van der Waals surface area contributed by atoms with E-state index in [9.17, 15) is 14.9 Å². The van der Waals surface area contributed by atoms with Crippen LogP contribution in [-0.4, -0.2) is 34.6 Å². The van der Waals surface area contributed by atoms with E-state index in [2.05, 4.69) is 15.5 Å². The molecule has 0 bridgehead atoms. The average molecular weight is 368 g/mol. The number of carbonyl (C=O) groups excluding carboxylic acids is 1. The fraction of sp³-hybridized carbons (Fsp3) is 0.167. The highest BCUT2D eigenvalue weighted by Gasteiger charge is 2.13. The number of benzene rings is 2. The lowest BCUT2D eigenvalue weighted by Crippen LogP contribution is -2.25. The molecule has 3 rings (SSSR count). The second-order valence-electron chi connectivity index (χ2n) is 5.56. The molecule has 27 heavy (non-hydrogen) atoms. The standard InChI is InChI=1S/C18H16N4O5/c1-26-15-7-3-4-12(11-15)17-20-16(27-21-17)8-9-19-18(23)13-5-2-6-14(10-13)22(24)25/h2-7,10-11H,8-9H2,1H3,(H,19,23). The van der Waals surface area contributed by atoms with Crippen LogP contribution in [0.1, 0.15) is 16.2 Å². The number of rotatable bonds is 7. The molecule has 0 spiro atoms. The Labute approximate surface area is 154 Å². The van der Waals surface area contributed by atoms with Gasteiger partial charge in [-0.3, -0.25) is 14.9 Å². The number of nitro benzene ring substituents is 1. The van der Waals surface area contributed by atoms with Crippen LogP contribution in [0.3, 0.4) is 0 Å². The number of hydrogen-bond acceptors (Lipinski definition) is 7. The number of non-ortho nitro benzene ring substituents is 1. The van der Waals surface area contributed by atoms with Gasteiger partial charge in [-0.05, 0) is 18.2 Å². The van der Waals surface area contributed by atoms with Gasteiger partial charge in [0.25, 0.3) is 11.6 Å². The second kappa shape index (κ2) is 8.09. The first-order valence-corrected chi connectivity index (χ1v) is 8.06.